The molecule has 114 valence electrons. The smallest absolute Gasteiger partial charge is 0.194 e. The minimum Gasteiger partial charge on any atom is -0.330 e. The molecule has 4 rings (SSSR count). The van der Waals surface area contributed by atoms with Gasteiger partial charge in [-0.3, -0.25) is 4.40 Å². The van der Waals surface area contributed by atoms with E-state index in [2.05, 4.69) is 52.4 Å². The van der Waals surface area contributed by atoms with Crippen LogP contribution in [0.15, 0.2) is 66.2 Å². The van der Waals surface area contributed by atoms with Crippen molar-refractivity contribution >= 4 is 16.3 Å². The van der Waals surface area contributed by atoms with Crippen LogP contribution in [0.4, 0.5) is 0 Å². The molecule has 4 aromatic rings. The molecule has 0 amide bonds. The Morgan fingerprint density at radius 3 is 2.48 bits per heavy atom. The lowest BCUT2D eigenvalue weighted by Gasteiger charge is -2.02. The minimum absolute atomic E-state index is 0.685. The van der Waals surface area contributed by atoms with Crippen LogP contribution in [0.3, 0.4) is 0 Å². The molecule has 23 heavy (non-hydrogen) atoms. The first-order valence-electron chi connectivity index (χ1n) is 7.66. The fourth-order valence-corrected chi connectivity index (χ4v) is 3.63. The fraction of sp³-hybridized carbons (Fsp3) is 0.105. The molecule has 2 aromatic heterocycles. The van der Waals surface area contributed by atoms with Crippen LogP contribution in [0, 0.1) is 0 Å². The highest BCUT2D eigenvalue weighted by molar-refractivity contribution is 7.15. The standard InChI is InChI=1S/C19H17N3S/c20-11-10-14-6-8-16(9-7-14)18-13-23-19-21-17(12-22(18)19)15-4-2-1-3-5-15/h1-9,12-13H,10-11,20H2. The van der Waals surface area contributed by atoms with Gasteiger partial charge in [-0.2, -0.15) is 0 Å². The van der Waals surface area contributed by atoms with Crippen molar-refractivity contribution in [2.24, 2.45) is 5.73 Å². The lowest BCUT2D eigenvalue weighted by Crippen LogP contribution is -2.02. The number of fused-ring (bicyclic) bond motifs is 1. The average Bonchev–Trinajstić information content (AvgIpc) is 3.17. The highest BCUT2D eigenvalue weighted by atomic mass is 32.1. The van der Waals surface area contributed by atoms with Gasteiger partial charge in [0.15, 0.2) is 4.96 Å². The largest absolute Gasteiger partial charge is 0.330 e. The first kappa shape index (κ1) is 14.2. The van der Waals surface area contributed by atoms with E-state index in [1.807, 2.05) is 18.2 Å². The van der Waals surface area contributed by atoms with E-state index >= 15 is 0 Å². The van der Waals surface area contributed by atoms with E-state index in [1.165, 1.54) is 16.8 Å². The molecule has 0 aliphatic carbocycles. The van der Waals surface area contributed by atoms with Crippen LogP contribution in [-0.4, -0.2) is 15.9 Å². The number of thiazole rings is 1. The van der Waals surface area contributed by atoms with Crippen molar-refractivity contribution < 1.29 is 0 Å². The topological polar surface area (TPSA) is 43.3 Å². The van der Waals surface area contributed by atoms with Gasteiger partial charge in [0.1, 0.15) is 0 Å². The molecule has 2 heterocycles. The second-order valence-corrected chi connectivity index (χ2v) is 6.34. The molecule has 0 radical (unpaired) electrons. The number of nitrogens with zero attached hydrogens (tertiary/aromatic N) is 2. The molecule has 0 spiro atoms. The van der Waals surface area contributed by atoms with Crippen molar-refractivity contribution in [3.63, 3.8) is 0 Å². The Kier molecular flexibility index (Phi) is 3.69. The van der Waals surface area contributed by atoms with Gasteiger partial charge in [0.25, 0.3) is 0 Å². The number of benzene rings is 2. The normalized spacial score (nSPS) is 11.2. The zero-order valence-electron chi connectivity index (χ0n) is 12.6. The minimum atomic E-state index is 0.685. The molecule has 3 nitrogen and oxygen atoms in total. The maximum Gasteiger partial charge on any atom is 0.194 e. The van der Waals surface area contributed by atoms with Crippen molar-refractivity contribution in [2.45, 2.75) is 6.42 Å². The third-order valence-corrected chi connectivity index (χ3v) is 4.80. The molecule has 0 atom stereocenters. The molecule has 0 aliphatic heterocycles. The summed E-state index contributed by atoms with van der Waals surface area (Å²) in [6.07, 6.45) is 3.03. The summed E-state index contributed by atoms with van der Waals surface area (Å²) in [5.74, 6) is 0. The van der Waals surface area contributed by atoms with Gasteiger partial charge in [-0.15, -0.1) is 11.3 Å². The van der Waals surface area contributed by atoms with E-state index in [0.717, 1.165) is 22.6 Å². The number of imidazole rings is 1. The molecule has 2 N–H and O–H groups in total. The van der Waals surface area contributed by atoms with Gasteiger partial charge >= 0.3 is 0 Å². The van der Waals surface area contributed by atoms with E-state index < -0.39 is 0 Å². The third-order valence-electron chi connectivity index (χ3n) is 3.96. The maximum atomic E-state index is 5.61. The highest BCUT2D eigenvalue weighted by Crippen LogP contribution is 2.29. The number of nitrogens with two attached hydrogens (primary N) is 1. The fourth-order valence-electron chi connectivity index (χ4n) is 2.75. The monoisotopic (exact) mass is 319 g/mol. The average molecular weight is 319 g/mol. The molecule has 0 saturated carbocycles. The van der Waals surface area contributed by atoms with Gasteiger partial charge in [-0.1, -0.05) is 54.6 Å². The molecule has 0 aliphatic rings. The van der Waals surface area contributed by atoms with Crippen molar-refractivity contribution in [1.29, 1.82) is 0 Å². The summed E-state index contributed by atoms with van der Waals surface area (Å²) >= 11 is 1.67. The number of aromatic nitrogens is 2. The Morgan fingerprint density at radius 1 is 0.957 bits per heavy atom. The lowest BCUT2D eigenvalue weighted by molar-refractivity contribution is 0.969. The van der Waals surface area contributed by atoms with Gasteiger partial charge < -0.3 is 5.73 Å². The van der Waals surface area contributed by atoms with Crippen LogP contribution in [-0.2, 0) is 6.42 Å². The molecular weight excluding hydrogens is 302 g/mol. The SMILES string of the molecule is NCCc1ccc(-c2csc3nc(-c4ccccc4)cn23)cc1. The zero-order valence-corrected chi connectivity index (χ0v) is 13.5. The van der Waals surface area contributed by atoms with Gasteiger partial charge in [0.05, 0.1) is 11.4 Å². The molecule has 4 heteroatoms. The van der Waals surface area contributed by atoms with Crippen molar-refractivity contribution in [1.82, 2.24) is 9.38 Å². The highest BCUT2D eigenvalue weighted by Gasteiger charge is 2.10. The van der Waals surface area contributed by atoms with E-state index in [1.54, 1.807) is 11.3 Å². The summed E-state index contributed by atoms with van der Waals surface area (Å²) in [7, 11) is 0. The number of hydrogen-bond acceptors (Lipinski definition) is 3. The summed E-state index contributed by atoms with van der Waals surface area (Å²) in [6, 6.07) is 18.9. The zero-order chi connectivity index (χ0) is 15.6. The first-order valence-corrected chi connectivity index (χ1v) is 8.54. The van der Waals surface area contributed by atoms with Crippen LogP contribution in [0.25, 0.3) is 27.5 Å². The predicted molar refractivity (Wildman–Crippen MR) is 96.7 cm³/mol. The van der Waals surface area contributed by atoms with E-state index in [0.29, 0.717) is 6.54 Å². The van der Waals surface area contributed by atoms with Crippen molar-refractivity contribution in [3.8, 4) is 22.5 Å². The number of hydrogen-bond donors (Lipinski definition) is 1. The first-order chi connectivity index (χ1) is 11.3. The summed E-state index contributed by atoms with van der Waals surface area (Å²) in [5.41, 5.74) is 11.4. The Balaban J connectivity index is 1.74. The molecule has 0 saturated heterocycles. The Labute approximate surface area is 139 Å². The van der Waals surface area contributed by atoms with Gasteiger partial charge in [-0.25, -0.2) is 4.98 Å². The van der Waals surface area contributed by atoms with Gasteiger partial charge in [0.2, 0.25) is 0 Å². The van der Waals surface area contributed by atoms with Crippen molar-refractivity contribution in [3.05, 3.63) is 71.7 Å². The molecule has 0 unspecified atom stereocenters. The summed E-state index contributed by atoms with van der Waals surface area (Å²) in [5, 5.41) is 2.16. The van der Waals surface area contributed by atoms with Crippen LogP contribution >= 0.6 is 11.3 Å². The van der Waals surface area contributed by atoms with Gasteiger partial charge in [-0.05, 0) is 24.1 Å². The van der Waals surface area contributed by atoms with Crippen LogP contribution < -0.4 is 5.73 Å². The predicted octanol–water partition coefficient (Wildman–Crippen LogP) is 4.23. The Morgan fingerprint density at radius 2 is 1.74 bits per heavy atom. The second kappa shape index (κ2) is 5.99. The van der Waals surface area contributed by atoms with Crippen molar-refractivity contribution in [2.75, 3.05) is 6.54 Å². The lowest BCUT2D eigenvalue weighted by atomic mass is 10.1. The van der Waals surface area contributed by atoms with E-state index in [-0.39, 0.29) is 0 Å². The summed E-state index contributed by atoms with van der Waals surface area (Å²) in [6.45, 7) is 0.685. The molecule has 0 fully saturated rings. The summed E-state index contributed by atoms with van der Waals surface area (Å²) < 4.78 is 2.17. The van der Waals surface area contributed by atoms with E-state index in [4.69, 9.17) is 10.7 Å². The summed E-state index contributed by atoms with van der Waals surface area (Å²) in [4.78, 5) is 5.76. The third kappa shape index (κ3) is 2.67. The van der Waals surface area contributed by atoms with Crippen LogP contribution in [0.5, 0.6) is 0 Å². The quantitative estimate of drug-likeness (QED) is 0.611. The Bertz CT molecular complexity index is 920. The maximum absolute atomic E-state index is 5.61. The van der Waals surface area contributed by atoms with Gasteiger partial charge in [0, 0.05) is 17.1 Å². The van der Waals surface area contributed by atoms with Crippen LogP contribution in [0.2, 0.25) is 0 Å². The molecule has 0 bridgehead atoms. The number of rotatable bonds is 4. The molecular formula is C19H17N3S. The van der Waals surface area contributed by atoms with Crippen LogP contribution in [0.1, 0.15) is 5.56 Å². The molecule has 2 aromatic carbocycles. The van der Waals surface area contributed by atoms with E-state index in [9.17, 15) is 0 Å². The Hall–Kier alpha value is -2.43. The second-order valence-electron chi connectivity index (χ2n) is 5.50.